The Kier molecular flexibility index (Phi) is 7.79. The molecule has 0 spiro atoms. The van der Waals surface area contributed by atoms with Gasteiger partial charge in [-0.25, -0.2) is 0 Å². The summed E-state index contributed by atoms with van der Waals surface area (Å²) in [5, 5.41) is 19.0. The van der Waals surface area contributed by atoms with Crippen molar-refractivity contribution in [2.24, 2.45) is 0 Å². The van der Waals surface area contributed by atoms with E-state index < -0.39 is 5.95 Å². The summed E-state index contributed by atoms with van der Waals surface area (Å²) in [6.45, 7) is 5.35. The first-order valence-corrected chi connectivity index (χ1v) is 11.3. The molecule has 4 N–H and O–H groups in total. The van der Waals surface area contributed by atoms with Crippen molar-refractivity contribution >= 4 is 40.9 Å². The zero-order valence-electron chi connectivity index (χ0n) is 20.4. The first-order valence-electron chi connectivity index (χ1n) is 11.3. The van der Waals surface area contributed by atoms with Crippen LogP contribution in [0.2, 0.25) is 0 Å². The number of methoxy groups -OCH3 is 1. The molecule has 4 rings (SSSR count). The summed E-state index contributed by atoms with van der Waals surface area (Å²) in [7, 11) is 1.35. The second kappa shape index (κ2) is 11.5. The molecule has 0 radical (unpaired) electrons. The Hall–Kier alpha value is -5.12. The van der Waals surface area contributed by atoms with E-state index in [1.807, 2.05) is 55.5 Å². The van der Waals surface area contributed by atoms with Gasteiger partial charge in [0, 0.05) is 11.4 Å². The van der Waals surface area contributed by atoms with Crippen molar-refractivity contribution in [2.45, 2.75) is 13.3 Å². The van der Waals surface area contributed by atoms with Crippen molar-refractivity contribution in [1.29, 1.82) is 0 Å². The summed E-state index contributed by atoms with van der Waals surface area (Å²) in [5.74, 6) is 0.244. The van der Waals surface area contributed by atoms with Crippen LogP contribution in [0.3, 0.4) is 0 Å². The molecule has 0 aliphatic rings. The fraction of sp³-hybridized carbons (Fsp3) is 0.111. The van der Waals surface area contributed by atoms with Crippen LogP contribution in [0.25, 0.3) is 0 Å². The number of para-hydroxylation sites is 4. The zero-order valence-corrected chi connectivity index (χ0v) is 20.4. The Morgan fingerprint density at radius 2 is 1.32 bits per heavy atom. The number of nitrogens with zero attached hydrogens (tertiary/aromatic N) is 3. The average molecular weight is 499 g/mol. The van der Waals surface area contributed by atoms with E-state index in [4.69, 9.17) is 9.47 Å². The van der Waals surface area contributed by atoms with Crippen LogP contribution in [-0.2, 0) is 16.0 Å². The van der Waals surface area contributed by atoms with Crippen molar-refractivity contribution in [1.82, 2.24) is 15.0 Å². The number of ether oxygens (including phenoxy) is 2. The number of hydrogen-bond acceptors (Lipinski definition) is 10. The Morgan fingerprint density at radius 1 is 0.811 bits per heavy atom. The molecule has 4 aromatic rings. The fourth-order valence-electron chi connectivity index (χ4n) is 3.43. The summed E-state index contributed by atoms with van der Waals surface area (Å²) in [4.78, 5) is 25.4. The predicted octanol–water partition coefficient (Wildman–Crippen LogP) is 5.53. The van der Waals surface area contributed by atoms with Crippen molar-refractivity contribution in [3.8, 4) is 5.75 Å². The van der Waals surface area contributed by atoms with Crippen LogP contribution in [-0.4, -0.2) is 33.1 Å². The Morgan fingerprint density at radius 3 is 1.95 bits per heavy atom. The van der Waals surface area contributed by atoms with Gasteiger partial charge in [-0.15, -0.1) is 0 Å². The maximum atomic E-state index is 11.9. The molecular formula is C27H26N6O4. The molecule has 0 saturated heterocycles. The number of aliphatic hydroxyl groups is 1. The number of anilines is 6. The molecule has 0 saturated carbocycles. The summed E-state index contributed by atoms with van der Waals surface area (Å²) in [6.07, 6.45) is 0.0833. The van der Waals surface area contributed by atoms with Crippen LogP contribution in [0.1, 0.15) is 11.1 Å². The number of aromatic nitrogens is 3. The van der Waals surface area contributed by atoms with Gasteiger partial charge in [-0.1, -0.05) is 48.5 Å². The maximum Gasteiger partial charge on any atom is 0.310 e. The normalized spacial score (nSPS) is 10.3. The highest BCUT2D eigenvalue weighted by molar-refractivity contribution is 5.76. The van der Waals surface area contributed by atoms with Gasteiger partial charge < -0.3 is 30.5 Å². The van der Waals surface area contributed by atoms with Gasteiger partial charge in [0.05, 0.1) is 19.2 Å². The van der Waals surface area contributed by atoms with E-state index in [0.29, 0.717) is 17.1 Å². The molecule has 188 valence electrons. The standard InChI is InChI=1S/C27H26N6O4/c1-17-10-4-6-12-20(17)28-25-31-26(29-21-13-7-5-11-19(21)16-24(35)36-3)33-27(32-25)30-22-14-8-9-15-23(22)37-18(2)34/h4-15,34H,2,16H2,1,3H3,(H3,28,29,30,31,32,33). The molecule has 0 amide bonds. The smallest absolute Gasteiger partial charge is 0.310 e. The van der Waals surface area contributed by atoms with E-state index in [1.54, 1.807) is 24.3 Å². The Balaban J connectivity index is 1.71. The topological polar surface area (TPSA) is 131 Å². The van der Waals surface area contributed by atoms with Gasteiger partial charge in [0.1, 0.15) is 0 Å². The second-order valence-corrected chi connectivity index (χ2v) is 7.90. The van der Waals surface area contributed by atoms with Crippen molar-refractivity contribution < 1.29 is 19.4 Å². The van der Waals surface area contributed by atoms with Gasteiger partial charge >= 0.3 is 5.97 Å². The molecule has 0 unspecified atom stereocenters. The van der Waals surface area contributed by atoms with Crippen molar-refractivity contribution in [2.75, 3.05) is 23.1 Å². The predicted molar refractivity (Wildman–Crippen MR) is 142 cm³/mol. The average Bonchev–Trinajstić information content (AvgIpc) is 2.87. The number of esters is 1. The van der Waals surface area contributed by atoms with Crippen LogP contribution in [0.15, 0.2) is 85.3 Å². The number of aliphatic hydroxyl groups excluding tert-OH is 1. The van der Waals surface area contributed by atoms with Crippen LogP contribution >= 0.6 is 0 Å². The number of hydrogen-bond donors (Lipinski definition) is 4. The molecule has 0 atom stereocenters. The minimum atomic E-state index is -0.448. The lowest BCUT2D eigenvalue weighted by Gasteiger charge is -2.15. The van der Waals surface area contributed by atoms with Gasteiger partial charge in [-0.05, 0) is 48.9 Å². The molecule has 37 heavy (non-hydrogen) atoms. The number of rotatable bonds is 10. The number of carbonyl (C=O) groups is 1. The zero-order chi connectivity index (χ0) is 26.2. The minimum absolute atomic E-state index is 0.0833. The van der Waals surface area contributed by atoms with Gasteiger partial charge in [-0.3, -0.25) is 4.79 Å². The summed E-state index contributed by atoms with van der Waals surface area (Å²) in [6, 6.07) is 22.0. The lowest BCUT2D eigenvalue weighted by atomic mass is 10.1. The van der Waals surface area contributed by atoms with Crippen molar-refractivity contribution in [3.05, 3.63) is 96.4 Å². The summed E-state index contributed by atoms with van der Waals surface area (Å²) in [5.41, 5.74) is 3.71. The lowest BCUT2D eigenvalue weighted by Crippen LogP contribution is -2.10. The SMILES string of the molecule is C=C(O)Oc1ccccc1Nc1nc(Nc2ccccc2C)nc(Nc2ccccc2CC(=O)OC)n1. The van der Waals surface area contributed by atoms with E-state index in [2.05, 4.69) is 37.5 Å². The van der Waals surface area contributed by atoms with E-state index in [0.717, 1.165) is 16.8 Å². The monoisotopic (exact) mass is 498 g/mol. The molecule has 10 nitrogen and oxygen atoms in total. The maximum absolute atomic E-state index is 11.9. The van der Waals surface area contributed by atoms with Crippen LogP contribution in [0.4, 0.5) is 34.9 Å². The first kappa shape index (κ1) is 25.0. The molecule has 10 heteroatoms. The molecule has 0 bridgehead atoms. The highest BCUT2D eigenvalue weighted by atomic mass is 16.6. The molecule has 0 fully saturated rings. The van der Waals surface area contributed by atoms with Gasteiger partial charge in [-0.2, -0.15) is 15.0 Å². The van der Waals surface area contributed by atoms with Crippen molar-refractivity contribution in [3.63, 3.8) is 0 Å². The van der Waals surface area contributed by atoms with Crippen LogP contribution < -0.4 is 20.7 Å². The molecule has 3 aromatic carbocycles. The molecular weight excluding hydrogens is 472 g/mol. The first-order chi connectivity index (χ1) is 17.9. The minimum Gasteiger partial charge on any atom is -0.481 e. The van der Waals surface area contributed by atoms with Gasteiger partial charge in [0.15, 0.2) is 5.75 Å². The van der Waals surface area contributed by atoms with E-state index in [-0.39, 0.29) is 30.2 Å². The number of nitrogens with one attached hydrogen (secondary N) is 3. The van der Waals surface area contributed by atoms with Gasteiger partial charge in [0.2, 0.25) is 17.8 Å². The third-order valence-electron chi connectivity index (χ3n) is 5.21. The third kappa shape index (κ3) is 6.73. The Bertz CT molecular complexity index is 1430. The lowest BCUT2D eigenvalue weighted by molar-refractivity contribution is -0.139. The summed E-state index contributed by atoms with van der Waals surface area (Å²) < 4.78 is 10.1. The number of aryl methyl sites for hydroxylation is 1. The molecule has 0 aliphatic heterocycles. The summed E-state index contributed by atoms with van der Waals surface area (Å²) >= 11 is 0. The highest BCUT2D eigenvalue weighted by Gasteiger charge is 2.14. The second-order valence-electron chi connectivity index (χ2n) is 7.90. The third-order valence-corrected chi connectivity index (χ3v) is 5.21. The molecule has 1 heterocycles. The highest BCUT2D eigenvalue weighted by Crippen LogP contribution is 2.29. The van der Waals surface area contributed by atoms with E-state index >= 15 is 0 Å². The quantitative estimate of drug-likeness (QED) is 0.163. The molecule has 1 aromatic heterocycles. The van der Waals surface area contributed by atoms with E-state index in [9.17, 15) is 9.90 Å². The number of benzene rings is 3. The van der Waals surface area contributed by atoms with Crippen LogP contribution in [0.5, 0.6) is 5.75 Å². The Labute approximate surface area is 214 Å². The largest absolute Gasteiger partial charge is 0.481 e. The van der Waals surface area contributed by atoms with E-state index in [1.165, 1.54) is 7.11 Å². The fourth-order valence-corrected chi connectivity index (χ4v) is 3.43. The molecule has 0 aliphatic carbocycles. The number of carbonyl (C=O) groups excluding carboxylic acids is 1. The van der Waals surface area contributed by atoms with Crippen LogP contribution in [0, 0.1) is 6.92 Å². The van der Waals surface area contributed by atoms with Gasteiger partial charge in [0.25, 0.3) is 5.95 Å².